The van der Waals surface area contributed by atoms with Crippen LogP contribution in [0.5, 0.6) is 5.75 Å². The zero-order valence-corrected chi connectivity index (χ0v) is 13.4. The van der Waals surface area contributed by atoms with Crippen molar-refractivity contribution in [3.63, 3.8) is 0 Å². The van der Waals surface area contributed by atoms with Crippen molar-refractivity contribution in [1.29, 1.82) is 0 Å². The topological polar surface area (TPSA) is 83.9 Å². The zero-order chi connectivity index (χ0) is 18.2. The lowest BCUT2D eigenvalue weighted by Crippen LogP contribution is -2.48. The average Bonchev–Trinajstić information content (AvgIpc) is 3.32. The second kappa shape index (κ2) is 6.20. The molecule has 1 aliphatic carbocycles. The van der Waals surface area contributed by atoms with E-state index in [1.807, 2.05) is 0 Å². The second-order valence-electron chi connectivity index (χ2n) is 6.21. The molecule has 1 N–H and O–H groups in total. The molecular formula is C18H16FNO5. The van der Waals surface area contributed by atoms with E-state index in [1.54, 1.807) is 0 Å². The van der Waals surface area contributed by atoms with Crippen LogP contribution in [-0.4, -0.2) is 34.9 Å². The maximum atomic E-state index is 14.3. The Morgan fingerprint density at radius 3 is 2.68 bits per heavy atom. The van der Waals surface area contributed by atoms with E-state index in [0.29, 0.717) is 18.5 Å². The van der Waals surface area contributed by atoms with E-state index in [4.69, 9.17) is 16.3 Å². The Hall–Kier alpha value is -2.88. The van der Waals surface area contributed by atoms with Crippen molar-refractivity contribution in [2.75, 3.05) is 11.4 Å². The lowest BCUT2D eigenvalue weighted by Gasteiger charge is -2.34. The molecule has 25 heavy (non-hydrogen) atoms. The van der Waals surface area contributed by atoms with Crippen molar-refractivity contribution in [2.45, 2.75) is 37.7 Å². The van der Waals surface area contributed by atoms with Gasteiger partial charge in [0.15, 0.2) is 5.60 Å². The number of carboxylic acid groups (broad SMARTS) is 1. The summed E-state index contributed by atoms with van der Waals surface area (Å²) in [6.07, 6.45) is 5.71. The van der Waals surface area contributed by atoms with Gasteiger partial charge in [-0.2, -0.15) is 0 Å². The Kier molecular flexibility index (Phi) is 4.21. The van der Waals surface area contributed by atoms with E-state index in [9.17, 15) is 18.8 Å². The summed E-state index contributed by atoms with van der Waals surface area (Å²) in [7, 11) is 0. The molecule has 1 aliphatic heterocycles. The number of aliphatic carboxylic acids is 1. The largest absolute Gasteiger partial charge is 0.481 e. The molecule has 1 spiro atoms. The summed E-state index contributed by atoms with van der Waals surface area (Å²) < 4.78 is 20.0. The third-order valence-electron chi connectivity index (χ3n) is 4.32. The van der Waals surface area contributed by atoms with Gasteiger partial charge in [0.25, 0.3) is 5.91 Å². The van der Waals surface area contributed by atoms with Crippen molar-refractivity contribution < 1.29 is 28.6 Å². The van der Waals surface area contributed by atoms with Crippen LogP contribution < -0.4 is 9.64 Å². The predicted octanol–water partition coefficient (Wildman–Crippen LogP) is 1.69. The minimum atomic E-state index is -1.09. The molecule has 0 bridgehead atoms. The van der Waals surface area contributed by atoms with E-state index in [0.717, 1.165) is 6.07 Å². The molecule has 130 valence electrons. The highest BCUT2D eigenvalue weighted by Crippen LogP contribution is 2.49. The molecule has 7 heteroatoms. The minimum absolute atomic E-state index is 0.0228. The Morgan fingerprint density at radius 1 is 1.36 bits per heavy atom. The van der Waals surface area contributed by atoms with E-state index in [2.05, 4.69) is 5.92 Å². The van der Waals surface area contributed by atoms with Gasteiger partial charge in [0, 0.05) is 31.7 Å². The minimum Gasteiger partial charge on any atom is -0.481 e. The van der Waals surface area contributed by atoms with Crippen molar-refractivity contribution >= 4 is 23.3 Å². The van der Waals surface area contributed by atoms with Crippen LogP contribution in [0.2, 0.25) is 0 Å². The SMILES string of the molecule is C#CCN1C(=O)C2(CC2)Oc2cc(F)c(CC(=O)CCC(=O)O)cc21. The predicted molar refractivity (Wildman–Crippen MR) is 85.8 cm³/mol. The molecule has 1 aromatic rings. The van der Waals surface area contributed by atoms with Crippen LogP contribution in [0.25, 0.3) is 0 Å². The van der Waals surface area contributed by atoms with Crippen LogP contribution in [0.4, 0.5) is 10.1 Å². The number of amides is 1. The van der Waals surface area contributed by atoms with Gasteiger partial charge in [0.2, 0.25) is 0 Å². The lowest BCUT2D eigenvalue weighted by molar-refractivity contribution is -0.138. The first-order chi connectivity index (χ1) is 11.9. The summed E-state index contributed by atoms with van der Waals surface area (Å²) in [6, 6.07) is 2.54. The van der Waals surface area contributed by atoms with Crippen LogP contribution in [-0.2, 0) is 20.8 Å². The molecule has 0 radical (unpaired) electrons. The monoisotopic (exact) mass is 345 g/mol. The Labute approximate surface area is 143 Å². The average molecular weight is 345 g/mol. The highest BCUT2D eigenvalue weighted by molar-refractivity contribution is 6.05. The lowest BCUT2D eigenvalue weighted by atomic mass is 10.0. The number of anilines is 1. The zero-order valence-electron chi connectivity index (χ0n) is 13.4. The summed E-state index contributed by atoms with van der Waals surface area (Å²) in [5, 5.41) is 8.61. The number of halogens is 1. The molecule has 3 rings (SSSR count). The summed E-state index contributed by atoms with van der Waals surface area (Å²) in [4.78, 5) is 36.3. The summed E-state index contributed by atoms with van der Waals surface area (Å²) in [6.45, 7) is 0.0228. The van der Waals surface area contributed by atoms with Gasteiger partial charge in [-0.1, -0.05) is 5.92 Å². The number of ketones is 1. The van der Waals surface area contributed by atoms with Crippen LogP contribution in [0, 0.1) is 18.2 Å². The normalized spacial score (nSPS) is 16.8. The number of hydrogen-bond acceptors (Lipinski definition) is 4. The van der Waals surface area contributed by atoms with Gasteiger partial charge in [-0.05, 0) is 11.6 Å². The number of terminal acetylenes is 1. The number of fused-ring (bicyclic) bond motifs is 1. The number of carboxylic acids is 1. The van der Waals surface area contributed by atoms with Crippen molar-refractivity contribution in [3.05, 3.63) is 23.5 Å². The van der Waals surface area contributed by atoms with Crippen molar-refractivity contribution in [1.82, 2.24) is 0 Å². The molecular weight excluding hydrogens is 329 g/mol. The number of benzene rings is 1. The maximum absolute atomic E-state index is 14.3. The van der Waals surface area contributed by atoms with Crippen LogP contribution >= 0.6 is 0 Å². The molecule has 1 fully saturated rings. The smallest absolute Gasteiger partial charge is 0.303 e. The van der Waals surface area contributed by atoms with Crippen LogP contribution in [0.15, 0.2) is 12.1 Å². The fraction of sp³-hybridized carbons (Fsp3) is 0.389. The van der Waals surface area contributed by atoms with Gasteiger partial charge in [-0.3, -0.25) is 19.3 Å². The van der Waals surface area contributed by atoms with Gasteiger partial charge >= 0.3 is 5.97 Å². The van der Waals surface area contributed by atoms with Crippen LogP contribution in [0.3, 0.4) is 0 Å². The molecule has 2 aliphatic rings. The van der Waals surface area contributed by atoms with Gasteiger partial charge in [0.05, 0.1) is 18.7 Å². The Balaban J connectivity index is 1.89. The quantitative estimate of drug-likeness (QED) is 0.793. The Morgan fingerprint density at radius 2 is 2.08 bits per heavy atom. The fourth-order valence-electron chi connectivity index (χ4n) is 2.85. The standard InChI is InChI=1S/C18H16FNO5/c1-2-7-20-14-9-11(8-12(21)3-4-16(22)23)13(19)10-15(14)25-18(5-6-18)17(20)24/h1,9-10H,3-8H2,(H,22,23). The summed E-state index contributed by atoms with van der Waals surface area (Å²) in [5.74, 6) is 0.259. The third-order valence-corrected chi connectivity index (χ3v) is 4.32. The van der Waals surface area contributed by atoms with E-state index >= 15 is 0 Å². The number of carbonyl (C=O) groups excluding carboxylic acids is 2. The molecule has 0 unspecified atom stereocenters. The molecule has 1 heterocycles. The molecule has 6 nitrogen and oxygen atoms in total. The number of ether oxygens (including phenoxy) is 1. The van der Waals surface area contributed by atoms with E-state index in [1.165, 1.54) is 11.0 Å². The Bertz CT molecular complexity index is 806. The first-order valence-corrected chi connectivity index (χ1v) is 7.86. The van der Waals surface area contributed by atoms with Crippen molar-refractivity contribution in [3.8, 4) is 18.1 Å². The first kappa shape index (κ1) is 17.0. The number of Topliss-reactive ketones (excluding diaryl/α,β-unsaturated/α-hetero) is 1. The molecule has 0 atom stereocenters. The van der Waals surface area contributed by atoms with Gasteiger partial charge < -0.3 is 9.84 Å². The highest BCUT2D eigenvalue weighted by atomic mass is 19.1. The molecule has 1 saturated carbocycles. The van der Waals surface area contributed by atoms with Gasteiger partial charge in [-0.25, -0.2) is 4.39 Å². The molecule has 1 amide bonds. The summed E-state index contributed by atoms with van der Waals surface area (Å²) >= 11 is 0. The first-order valence-electron chi connectivity index (χ1n) is 7.86. The maximum Gasteiger partial charge on any atom is 0.303 e. The molecule has 1 aromatic carbocycles. The van der Waals surface area contributed by atoms with Gasteiger partial charge in [0.1, 0.15) is 17.3 Å². The van der Waals surface area contributed by atoms with Gasteiger partial charge in [-0.15, -0.1) is 6.42 Å². The number of rotatable bonds is 6. The number of hydrogen-bond donors (Lipinski definition) is 1. The highest BCUT2D eigenvalue weighted by Gasteiger charge is 2.57. The fourth-order valence-corrected chi connectivity index (χ4v) is 2.85. The molecule has 0 saturated heterocycles. The van der Waals surface area contributed by atoms with Crippen LogP contribution in [0.1, 0.15) is 31.2 Å². The molecule has 0 aromatic heterocycles. The van der Waals surface area contributed by atoms with E-state index < -0.39 is 23.2 Å². The number of carbonyl (C=O) groups is 3. The van der Waals surface area contributed by atoms with Crippen molar-refractivity contribution in [2.24, 2.45) is 0 Å². The summed E-state index contributed by atoms with van der Waals surface area (Å²) in [5.41, 5.74) is -0.517. The second-order valence-corrected chi connectivity index (χ2v) is 6.21. The number of nitrogens with zero attached hydrogens (tertiary/aromatic N) is 1. The third kappa shape index (κ3) is 3.20. The van der Waals surface area contributed by atoms with E-state index in [-0.39, 0.29) is 43.0 Å².